The van der Waals surface area contributed by atoms with Crippen molar-refractivity contribution in [1.29, 1.82) is 0 Å². The lowest BCUT2D eigenvalue weighted by molar-refractivity contribution is 0.248. The molecule has 1 aliphatic heterocycles. The Hall–Kier alpha value is -2.46. The molecular formula is C23H25FN2O. The molecule has 140 valence electrons. The van der Waals surface area contributed by atoms with E-state index in [4.69, 9.17) is 0 Å². The normalized spacial score (nSPS) is 14.4. The molecule has 0 spiro atoms. The lowest BCUT2D eigenvalue weighted by atomic mass is 9.99. The van der Waals surface area contributed by atoms with E-state index in [1.165, 1.54) is 5.56 Å². The molecule has 1 N–H and O–H groups in total. The number of unbranched alkanes of at least 4 members (excludes halogenated alkanes) is 2. The average Bonchev–Trinajstić information content (AvgIpc) is 2.68. The number of phenols is 1. The maximum Gasteiger partial charge on any atom is 0.141 e. The van der Waals surface area contributed by atoms with Crippen LogP contribution in [0.2, 0.25) is 0 Å². The highest BCUT2D eigenvalue weighted by Crippen LogP contribution is 2.23. The van der Waals surface area contributed by atoms with E-state index in [9.17, 15) is 9.50 Å². The summed E-state index contributed by atoms with van der Waals surface area (Å²) in [5.74, 6) is 0.123. The largest absolute Gasteiger partial charge is 0.506 e. The highest BCUT2D eigenvalue weighted by atomic mass is 19.1. The predicted molar refractivity (Wildman–Crippen MR) is 106 cm³/mol. The first-order valence-electron chi connectivity index (χ1n) is 9.76. The number of aromatic hydroxyl groups is 1. The van der Waals surface area contributed by atoms with Crippen LogP contribution in [-0.4, -0.2) is 28.1 Å². The topological polar surface area (TPSA) is 36.4 Å². The zero-order valence-corrected chi connectivity index (χ0v) is 15.5. The maximum atomic E-state index is 13.3. The van der Waals surface area contributed by atoms with E-state index < -0.39 is 0 Å². The summed E-state index contributed by atoms with van der Waals surface area (Å²) in [7, 11) is 0. The Labute approximate surface area is 159 Å². The molecule has 0 aliphatic carbocycles. The lowest BCUT2D eigenvalue weighted by Gasteiger charge is -2.28. The molecular weight excluding hydrogens is 339 g/mol. The van der Waals surface area contributed by atoms with Crippen molar-refractivity contribution in [2.24, 2.45) is 0 Å². The second kappa shape index (κ2) is 8.05. The van der Waals surface area contributed by atoms with Crippen molar-refractivity contribution in [3.05, 3.63) is 71.2 Å². The van der Waals surface area contributed by atoms with E-state index >= 15 is 0 Å². The van der Waals surface area contributed by atoms with Crippen molar-refractivity contribution in [3.8, 4) is 5.75 Å². The summed E-state index contributed by atoms with van der Waals surface area (Å²) in [6.45, 7) is 3.03. The summed E-state index contributed by atoms with van der Waals surface area (Å²) >= 11 is 0. The summed E-state index contributed by atoms with van der Waals surface area (Å²) < 4.78 is 13.3. The van der Waals surface area contributed by atoms with E-state index in [0.29, 0.717) is 5.52 Å². The van der Waals surface area contributed by atoms with E-state index in [1.54, 1.807) is 18.2 Å². The lowest BCUT2D eigenvalue weighted by Crippen LogP contribution is -2.31. The number of aromatic nitrogens is 1. The molecule has 3 aromatic rings. The van der Waals surface area contributed by atoms with Gasteiger partial charge in [-0.3, -0.25) is 4.90 Å². The highest BCUT2D eigenvalue weighted by molar-refractivity contribution is 5.84. The molecule has 0 fully saturated rings. The van der Waals surface area contributed by atoms with E-state index in [0.717, 1.165) is 68.4 Å². The minimum absolute atomic E-state index is 0.127. The van der Waals surface area contributed by atoms with Gasteiger partial charge < -0.3 is 5.11 Å². The minimum Gasteiger partial charge on any atom is -0.506 e. The fraction of sp³-hybridized carbons (Fsp3) is 0.348. The first kappa shape index (κ1) is 17.9. The van der Waals surface area contributed by atoms with Crippen LogP contribution in [0, 0.1) is 5.82 Å². The first-order chi connectivity index (χ1) is 13.2. The number of fused-ring (bicyclic) bond motifs is 2. The molecule has 2 heterocycles. The van der Waals surface area contributed by atoms with Gasteiger partial charge in [0.15, 0.2) is 0 Å². The van der Waals surface area contributed by atoms with Crippen LogP contribution in [-0.2, 0) is 19.4 Å². The van der Waals surface area contributed by atoms with Crippen LogP contribution in [0.4, 0.5) is 4.39 Å². The van der Waals surface area contributed by atoms with Gasteiger partial charge in [-0.1, -0.05) is 30.7 Å². The van der Waals surface area contributed by atoms with Crippen LogP contribution in [0.3, 0.4) is 0 Å². The van der Waals surface area contributed by atoms with Gasteiger partial charge in [0.1, 0.15) is 17.1 Å². The maximum absolute atomic E-state index is 13.3. The van der Waals surface area contributed by atoms with Crippen molar-refractivity contribution < 1.29 is 9.50 Å². The van der Waals surface area contributed by atoms with Crippen molar-refractivity contribution >= 4 is 10.9 Å². The molecule has 1 aromatic heterocycles. The summed E-state index contributed by atoms with van der Waals surface area (Å²) in [6.07, 6.45) is 5.30. The number of hydrogen-bond donors (Lipinski definition) is 1. The molecule has 1 aliphatic rings. The van der Waals surface area contributed by atoms with Crippen LogP contribution < -0.4 is 0 Å². The number of aryl methyl sites for hydroxylation is 1. The van der Waals surface area contributed by atoms with E-state index in [-0.39, 0.29) is 11.6 Å². The zero-order valence-electron chi connectivity index (χ0n) is 15.5. The van der Waals surface area contributed by atoms with Gasteiger partial charge in [-0.15, -0.1) is 0 Å². The van der Waals surface area contributed by atoms with Gasteiger partial charge in [-0.05, 0) is 67.6 Å². The van der Waals surface area contributed by atoms with Crippen molar-refractivity contribution in [1.82, 2.24) is 9.88 Å². The Morgan fingerprint density at radius 2 is 1.93 bits per heavy atom. The summed E-state index contributed by atoms with van der Waals surface area (Å²) in [5.41, 5.74) is 4.16. The molecule has 0 radical (unpaired) electrons. The Kier molecular flexibility index (Phi) is 5.35. The third-order valence-electron chi connectivity index (χ3n) is 5.42. The molecule has 0 saturated carbocycles. The Morgan fingerprint density at radius 3 is 2.85 bits per heavy atom. The predicted octanol–water partition coefficient (Wildman–Crippen LogP) is 4.85. The molecule has 2 aromatic carbocycles. The average molecular weight is 364 g/mol. The molecule has 0 saturated heterocycles. The minimum atomic E-state index is -0.127. The smallest absolute Gasteiger partial charge is 0.141 e. The molecule has 0 bridgehead atoms. The fourth-order valence-electron chi connectivity index (χ4n) is 3.90. The number of nitrogens with zero attached hydrogens (tertiary/aromatic N) is 2. The van der Waals surface area contributed by atoms with Crippen LogP contribution in [0.25, 0.3) is 10.9 Å². The zero-order chi connectivity index (χ0) is 18.6. The Bertz CT molecular complexity index is 941. The van der Waals surface area contributed by atoms with Crippen molar-refractivity contribution in [2.75, 3.05) is 13.1 Å². The summed E-state index contributed by atoms with van der Waals surface area (Å²) in [6, 6.07) is 14.8. The van der Waals surface area contributed by atoms with E-state index in [2.05, 4.69) is 16.0 Å². The van der Waals surface area contributed by atoms with Gasteiger partial charge in [0, 0.05) is 24.2 Å². The monoisotopic (exact) mass is 364 g/mol. The number of para-hydroxylation sites is 1. The van der Waals surface area contributed by atoms with E-state index in [1.807, 2.05) is 24.3 Å². The molecule has 27 heavy (non-hydrogen) atoms. The molecule has 0 atom stereocenters. The number of hydrogen-bond acceptors (Lipinski definition) is 3. The summed E-state index contributed by atoms with van der Waals surface area (Å²) in [5, 5.41) is 10.9. The highest BCUT2D eigenvalue weighted by Gasteiger charge is 2.16. The van der Waals surface area contributed by atoms with Crippen LogP contribution in [0.5, 0.6) is 5.75 Å². The second-order valence-corrected chi connectivity index (χ2v) is 7.40. The number of benzene rings is 2. The van der Waals surface area contributed by atoms with Crippen LogP contribution in [0.15, 0.2) is 48.5 Å². The molecule has 4 rings (SSSR count). The molecule has 4 heteroatoms. The SMILES string of the molecule is Oc1cccc2ccc(CCCCCN3CCc4cc(F)ccc4C3)nc12. The van der Waals surface area contributed by atoms with Gasteiger partial charge in [0.25, 0.3) is 0 Å². The van der Waals surface area contributed by atoms with Crippen LogP contribution >= 0.6 is 0 Å². The van der Waals surface area contributed by atoms with Gasteiger partial charge in [0.2, 0.25) is 0 Å². The second-order valence-electron chi connectivity index (χ2n) is 7.40. The quantitative estimate of drug-likeness (QED) is 0.635. The van der Waals surface area contributed by atoms with Crippen LogP contribution in [0.1, 0.15) is 36.1 Å². The Balaban J connectivity index is 1.23. The first-order valence-corrected chi connectivity index (χ1v) is 9.76. The number of pyridine rings is 1. The third-order valence-corrected chi connectivity index (χ3v) is 5.42. The summed E-state index contributed by atoms with van der Waals surface area (Å²) in [4.78, 5) is 7.07. The molecule has 0 amide bonds. The van der Waals surface area contributed by atoms with Gasteiger partial charge in [-0.25, -0.2) is 9.37 Å². The number of rotatable bonds is 6. The third kappa shape index (κ3) is 4.28. The number of phenolic OH excluding ortho intramolecular Hbond substituents is 1. The molecule has 3 nitrogen and oxygen atoms in total. The molecule has 0 unspecified atom stereocenters. The van der Waals surface area contributed by atoms with Crippen molar-refractivity contribution in [3.63, 3.8) is 0 Å². The number of halogens is 1. The fourth-order valence-corrected chi connectivity index (χ4v) is 3.90. The standard InChI is InChI=1S/C23H25FN2O/c24-20-10-8-19-16-26(14-12-18(19)15-20)13-3-1-2-6-21-11-9-17-5-4-7-22(27)23(17)25-21/h4-5,7-11,15,27H,1-3,6,12-14,16H2. The Morgan fingerprint density at radius 1 is 1.00 bits per heavy atom. The van der Waals surface area contributed by atoms with Gasteiger partial charge in [-0.2, -0.15) is 0 Å². The van der Waals surface area contributed by atoms with Crippen molar-refractivity contribution in [2.45, 2.75) is 38.6 Å². The van der Waals surface area contributed by atoms with Gasteiger partial charge >= 0.3 is 0 Å². The van der Waals surface area contributed by atoms with Gasteiger partial charge in [0.05, 0.1) is 0 Å².